The Morgan fingerprint density at radius 3 is 2.52 bits per heavy atom. The van der Waals surface area contributed by atoms with Crippen LogP contribution in [0, 0.1) is 11.8 Å². The fourth-order valence-corrected chi connectivity index (χ4v) is 5.52. The van der Waals surface area contributed by atoms with Gasteiger partial charge in [-0.05, 0) is 32.6 Å². The minimum absolute atomic E-state index is 0.0630. The lowest BCUT2D eigenvalue weighted by molar-refractivity contribution is -0.146. The van der Waals surface area contributed by atoms with Crippen LogP contribution in [-0.2, 0) is 19.1 Å². The predicted octanol–water partition coefficient (Wildman–Crippen LogP) is 0.576. The average molecular weight is 410 g/mol. The third-order valence-electron chi connectivity index (χ3n) is 6.78. The van der Waals surface area contributed by atoms with Crippen molar-refractivity contribution in [3.05, 3.63) is 0 Å². The maximum atomic E-state index is 13.4. The fourth-order valence-electron chi connectivity index (χ4n) is 5.52. The van der Waals surface area contributed by atoms with Gasteiger partial charge in [0.2, 0.25) is 17.7 Å². The van der Waals surface area contributed by atoms with Crippen molar-refractivity contribution in [3.63, 3.8) is 0 Å². The first-order valence-corrected chi connectivity index (χ1v) is 11.0. The van der Waals surface area contributed by atoms with E-state index in [1.165, 1.54) is 4.90 Å². The van der Waals surface area contributed by atoms with E-state index in [1.54, 1.807) is 0 Å². The number of nitrogens with one attached hydrogen (secondary N) is 2. The minimum Gasteiger partial charge on any atom is -0.395 e. The number of aliphatic hydroxyl groups excluding tert-OH is 1. The summed E-state index contributed by atoms with van der Waals surface area (Å²) in [4.78, 5) is 40.9. The molecule has 3 rings (SSSR count). The Hall–Kier alpha value is -1.67. The third kappa shape index (κ3) is 3.54. The van der Waals surface area contributed by atoms with Crippen LogP contribution in [0.2, 0.25) is 0 Å². The molecule has 164 valence electrons. The number of unbranched alkanes of at least 4 members (excludes halogenated alkanes) is 2. The Balaban J connectivity index is 1.89. The highest BCUT2D eigenvalue weighted by molar-refractivity contribution is 5.99. The standard InChI is InChI=1S/C21H35N3O5/c1-4-6-7-11-23-18(27)16-21-9-8-20(3,29-21)14(17(26)22-10-5-2)15(21)19(28)24(16)12-13-25/h14-16,25H,4-13H2,1-3H3,(H,22,26)(H,23,27)/t14-,15+,16?,20+,21?/m1/s1. The number of hydrogen-bond donors (Lipinski definition) is 3. The van der Waals surface area contributed by atoms with Gasteiger partial charge >= 0.3 is 0 Å². The zero-order valence-electron chi connectivity index (χ0n) is 17.8. The van der Waals surface area contributed by atoms with E-state index in [2.05, 4.69) is 17.6 Å². The van der Waals surface area contributed by atoms with Crippen LogP contribution in [0.3, 0.4) is 0 Å². The first-order chi connectivity index (χ1) is 13.9. The second-order valence-electron chi connectivity index (χ2n) is 8.77. The largest absolute Gasteiger partial charge is 0.395 e. The molecule has 0 aromatic rings. The summed E-state index contributed by atoms with van der Waals surface area (Å²) in [5.41, 5.74) is -1.74. The van der Waals surface area contributed by atoms with E-state index < -0.39 is 29.1 Å². The van der Waals surface area contributed by atoms with Crippen molar-refractivity contribution in [1.82, 2.24) is 15.5 Å². The molecule has 8 heteroatoms. The van der Waals surface area contributed by atoms with Crippen LogP contribution in [0.25, 0.3) is 0 Å². The lowest BCUT2D eigenvalue weighted by Crippen LogP contribution is -2.55. The van der Waals surface area contributed by atoms with Crippen LogP contribution in [-0.4, -0.2) is 71.2 Å². The summed E-state index contributed by atoms with van der Waals surface area (Å²) < 4.78 is 6.43. The summed E-state index contributed by atoms with van der Waals surface area (Å²) in [7, 11) is 0. The number of ether oxygens (including phenoxy) is 1. The lowest BCUT2D eigenvalue weighted by Gasteiger charge is -2.33. The zero-order valence-corrected chi connectivity index (χ0v) is 17.8. The van der Waals surface area contributed by atoms with E-state index in [0.717, 1.165) is 25.7 Å². The topological polar surface area (TPSA) is 108 Å². The van der Waals surface area contributed by atoms with E-state index in [1.807, 2.05) is 13.8 Å². The van der Waals surface area contributed by atoms with Crippen molar-refractivity contribution in [2.24, 2.45) is 11.8 Å². The number of carbonyl (C=O) groups is 3. The minimum atomic E-state index is -0.996. The zero-order chi connectivity index (χ0) is 21.2. The second kappa shape index (κ2) is 8.60. The number of likely N-dealkylation sites (tertiary alicyclic amines) is 1. The second-order valence-corrected chi connectivity index (χ2v) is 8.77. The SMILES string of the molecule is CCCCCNC(=O)C1N(CCO)C(=O)[C@@H]2[C@H](C(=O)NCCC)[C@]3(C)CCC12O3. The van der Waals surface area contributed by atoms with Gasteiger partial charge in [-0.15, -0.1) is 0 Å². The van der Waals surface area contributed by atoms with Crippen molar-refractivity contribution in [2.75, 3.05) is 26.2 Å². The normalized spacial score (nSPS) is 35.1. The van der Waals surface area contributed by atoms with Crippen LogP contribution in [0.1, 0.15) is 59.3 Å². The number of aliphatic hydroxyl groups is 1. The van der Waals surface area contributed by atoms with Crippen LogP contribution >= 0.6 is 0 Å². The molecule has 0 radical (unpaired) electrons. The number of rotatable bonds is 10. The van der Waals surface area contributed by atoms with Gasteiger partial charge in [0.05, 0.1) is 24.0 Å². The van der Waals surface area contributed by atoms with E-state index in [-0.39, 0.29) is 30.9 Å². The first-order valence-electron chi connectivity index (χ1n) is 11.0. The molecular weight excluding hydrogens is 374 g/mol. The molecule has 0 saturated carbocycles. The Bertz CT molecular complexity index is 656. The van der Waals surface area contributed by atoms with Crippen molar-refractivity contribution < 1.29 is 24.2 Å². The third-order valence-corrected chi connectivity index (χ3v) is 6.78. The molecule has 0 aromatic carbocycles. The van der Waals surface area contributed by atoms with Crippen LogP contribution in [0.4, 0.5) is 0 Å². The smallest absolute Gasteiger partial charge is 0.245 e. The maximum Gasteiger partial charge on any atom is 0.245 e. The molecule has 2 unspecified atom stereocenters. The van der Waals surface area contributed by atoms with Gasteiger partial charge in [-0.25, -0.2) is 0 Å². The van der Waals surface area contributed by atoms with Gasteiger partial charge < -0.3 is 25.4 Å². The van der Waals surface area contributed by atoms with E-state index in [0.29, 0.717) is 25.9 Å². The Kier molecular flexibility index (Phi) is 6.53. The van der Waals surface area contributed by atoms with Gasteiger partial charge in [0, 0.05) is 19.6 Å². The van der Waals surface area contributed by atoms with Crippen LogP contribution in [0.15, 0.2) is 0 Å². The van der Waals surface area contributed by atoms with E-state index >= 15 is 0 Å². The molecule has 3 N–H and O–H groups in total. The molecule has 8 nitrogen and oxygen atoms in total. The Morgan fingerprint density at radius 1 is 1.14 bits per heavy atom. The summed E-state index contributed by atoms with van der Waals surface area (Å²) in [6.07, 6.45) is 4.95. The molecule has 3 heterocycles. The molecule has 0 aliphatic carbocycles. The van der Waals surface area contributed by atoms with Gasteiger partial charge in [0.1, 0.15) is 11.6 Å². The number of carbonyl (C=O) groups excluding carboxylic acids is 3. The molecule has 3 fully saturated rings. The quantitative estimate of drug-likeness (QED) is 0.458. The summed E-state index contributed by atoms with van der Waals surface area (Å²) in [5.74, 6) is -1.98. The first kappa shape index (κ1) is 22.0. The average Bonchev–Trinajstić information content (AvgIpc) is 3.25. The summed E-state index contributed by atoms with van der Waals surface area (Å²) in [6.45, 7) is 6.87. The monoisotopic (exact) mass is 409 g/mol. The molecule has 3 amide bonds. The highest BCUT2D eigenvalue weighted by Gasteiger charge is 2.77. The fraction of sp³-hybridized carbons (Fsp3) is 0.857. The summed E-state index contributed by atoms with van der Waals surface area (Å²) in [6, 6.07) is -0.806. The van der Waals surface area contributed by atoms with Crippen LogP contribution < -0.4 is 10.6 Å². The number of amides is 3. The predicted molar refractivity (Wildman–Crippen MR) is 107 cm³/mol. The molecule has 2 bridgehead atoms. The van der Waals surface area contributed by atoms with Gasteiger partial charge in [-0.3, -0.25) is 14.4 Å². The van der Waals surface area contributed by atoms with Crippen molar-refractivity contribution in [2.45, 2.75) is 76.5 Å². The molecular formula is C21H35N3O5. The Labute approximate surface area is 172 Å². The van der Waals surface area contributed by atoms with Gasteiger partial charge in [-0.2, -0.15) is 0 Å². The lowest BCUT2D eigenvalue weighted by atomic mass is 9.66. The van der Waals surface area contributed by atoms with Gasteiger partial charge in [0.25, 0.3) is 0 Å². The molecule has 1 spiro atoms. The highest BCUT2D eigenvalue weighted by Crippen LogP contribution is 2.63. The molecule has 3 aliphatic heterocycles. The van der Waals surface area contributed by atoms with E-state index in [4.69, 9.17) is 4.74 Å². The van der Waals surface area contributed by atoms with Crippen molar-refractivity contribution in [1.29, 1.82) is 0 Å². The van der Waals surface area contributed by atoms with Gasteiger partial charge in [0.15, 0.2) is 0 Å². The van der Waals surface area contributed by atoms with Gasteiger partial charge in [-0.1, -0.05) is 26.7 Å². The molecule has 5 atom stereocenters. The summed E-state index contributed by atoms with van der Waals surface area (Å²) >= 11 is 0. The van der Waals surface area contributed by atoms with Crippen molar-refractivity contribution >= 4 is 17.7 Å². The number of β-amino-alcohol motifs (C(OH)–C–C–N with tert-alkyl or cyclic N) is 1. The molecule has 29 heavy (non-hydrogen) atoms. The number of hydrogen-bond acceptors (Lipinski definition) is 5. The van der Waals surface area contributed by atoms with Crippen LogP contribution in [0.5, 0.6) is 0 Å². The van der Waals surface area contributed by atoms with E-state index in [9.17, 15) is 19.5 Å². The highest BCUT2D eigenvalue weighted by atomic mass is 16.5. The summed E-state index contributed by atoms with van der Waals surface area (Å²) in [5, 5.41) is 15.4. The molecule has 3 saturated heterocycles. The molecule has 0 aromatic heterocycles. The number of nitrogens with zero attached hydrogens (tertiary/aromatic N) is 1. The number of fused-ring (bicyclic) bond motifs is 1. The maximum absolute atomic E-state index is 13.4. The Morgan fingerprint density at radius 2 is 1.86 bits per heavy atom. The molecule has 3 aliphatic rings. The van der Waals surface area contributed by atoms with Crippen molar-refractivity contribution in [3.8, 4) is 0 Å².